The van der Waals surface area contributed by atoms with Crippen LogP contribution in [0.5, 0.6) is 0 Å². The standard InChI is InChI=1S/C24H23FN4O3/c1-15-7-11-18(12-8-15)26-14-22(30)28-29-23(31)17-10-9-16(2)21(13-17)27-24(32)19-5-3-4-6-20(19)25/h3-13,26H,14H2,1-2H3,(H,27,32)(H,28,30)(H,29,31). The van der Waals surface area contributed by atoms with Crippen LogP contribution in [-0.4, -0.2) is 24.3 Å². The number of rotatable bonds is 6. The minimum Gasteiger partial charge on any atom is -0.376 e. The van der Waals surface area contributed by atoms with Crippen LogP contribution in [-0.2, 0) is 4.79 Å². The van der Waals surface area contributed by atoms with Gasteiger partial charge in [0.1, 0.15) is 5.82 Å². The number of benzene rings is 3. The highest BCUT2D eigenvalue weighted by Gasteiger charge is 2.14. The molecule has 0 aliphatic heterocycles. The van der Waals surface area contributed by atoms with E-state index in [0.29, 0.717) is 11.3 Å². The van der Waals surface area contributed by atoms with Crippen LogP contribution >= 0.6 is 0 Å². The second-order valence-corrected chi connectivity index (χ2v) is 7.19. The van der Waals surface area contributed by atoms with Crippen molar-refractivity contribution in [3.63, 3.8) is 0 Å². The van der Waals surface area contributed by atoms with Crippen LogP contribution in [0.4, 0.5) is 15.8 Å². The van der Waals surface area contributed by atoms with E-state index in [0.717, 1.165) is 11.3 Å². The Labute approximate surface area is 185 Å². The summed E-state index contributed by atoms with van der Waals surface area (Å²) in [7, 11) is 0. The van der Waals surface area contributed by atoms with E-state index in [4.69, 9.17) is 0 Å². The van der Waals surface area contributed by atoms with Crippen LogP contribution in [0.25, 0.3) is 0 Å². The van der Waals surface area contributed by atoms with Gasteiger partial charge in [-0.15, -0.1) is 0 Å². The molecule has 0 aliphatic rings. The third-order valence-corrected chi connectivity index (χ3v) is 4.69. The van der Waals surface area contributed by atoms with Crippen molar-refractivity contribution in [1.82, 2.24) is 10.9 Å². The Morgan fingerprint density at radius 2 is 1.56 bits per heavy atom. The largest absolute Gasteiger partial charge is 0.376 e. The molecule has 0 aromatic heterocycles. The van der Waals surface area contributed by atoms with Crippen molar-refractivity contribution in [3.8, 4) is 0 Å². The van der Waals surface area contributed by atoms with E-state index in [1.54, 1.807) is 25.1 Å². The first kappa shape index (κ1) is 22.5. The molecule has 0 fully saturated rings. The number of aryl methyl sites for hydroxylation is 2. The number of hydrogen-bond acceptors (Lipinski definition) is 4. The first-order valence-electron chi connectivity index (χ1n) is 9.90. The highest BCUT2D eigenvalue weighted by Crippen LogP contribution is 2.19. The Balaban J connectivity index is 1.57. The Hall–Kier alpha value is -4.20. The van der Waals surface area contributed by atoms with Gasteiger partial charge < -0.3 is 10.6 Å². The molecule has 0 heterocycles. The van der Waals surface area contributed by atoms with Crippen molar-refractivity contribution >= 4 is 29.1 Å². The van der Waals surface area contributed by atoms with E-state index < -0.39 is 23.5 Å². The first-order chi connectivity index (χ1) is 15.3. The summed E-state index contributed by atoms with van der Waals surface area (Å²) in [5, 5.41) is 5.57. The van der Waals surface area contributed by atoms with Gasteiger partial charge in [0, 0.05) is 16.9 Å². The molecule has 0 bridgehead atoms. The predicted octanol–water partition coefficient (Wildman–Crippen LogP) is 3.57. The Morgan fingerprint density at radius 3 is 2.28 bits per heavy atom. The predicted molar refractivity (Wildman–Crippen MR) is 121 cm³/mol. The molecule has 0 aliphatic carbocycles. The number of hydrogen-bond donors (Lipinski definition) is 4. The Kier molecular flexibility index (Phi) is 7.17. The summed E-state index contributed by atoms with van der Waals surface area (Å²) < 4.78 is 13.8. The van der Waals surface area contributed by atoms with E-state index in [1.165, 1.54) is 24.3 Å². The maximum Gasteiger partial charge on any atom is 0.269 e. The van der Waals surface area contributed by atoms with Crippen LogP contribution in [0.1, 0.15) is 31.8 Å². The molecule has 3 aromatic carbocycles. The normalized spacial score (nSPS) is 10.2. The highest BCUT2D eigenvalue weighted by molar-refractivity contribution is 6.05. The Morgan fingerprint density at radius 1 is 0.844 bits per heavy atom. The molecule has 164 valence electrons. The fourth-order valence-electron chi connectivity index (χ4n) is 2.83. The molecule has 32 heavy (non-hydrogen) atoms. The zero-order valence-electron chi connectivity index (χ0n) is 17.7. The number of halogens is 1. The summed E-state index contributed by atoms with van der Waals surface area (Å²) in [6, 6.07) is 17.8. The van der Waals surface area contributed by atoms with E-state index in [9.17, 15) is 18.8 Å². The van der Waals surface area contributed by atoms with Crippen molar-refractivity contribution in [3.05, 3.63) is 94.8 Å². The summed E-state index contributed by atoms with van der Waals surface area (Å²) in [4.78, 5) is 36.8. The molecule has 0 spiro atoms. The van der Waals surface area contributed by atoms with Gasteiger partial charge in [-0.05, 0) is 55.8 Å². The topological polar surface area (TPSA) is 99.3 Å². The molecule has 4 N–H and O–H groups in total. The monoisotopic (exact) mass is 434 g/mol. The molecule has 0 atom stereocenters. The number of carbonyl (C=O) groups is 3. The maximum atomic E-state index is 13.8. The van der Waals surface area contributed by atoms with Crippen molar-refractivity contribution in [2.75, 3.05) is 17.2 Å². The highest BCUT2D eigenvalue weighted by atomic mass is 19.1. The lowest BCUT2D eigenvalue weighted by Crippen LogP contribution is -2.44. The average Bonchev–Trinajstić information content (AvgIpc) is 2.78. The van der Waals surface area contributed by atoms with Crippen molar-refractivity contribution < 1.29 is 18.8 Å². The van der Waals surface area contributed by atoms with Gasteiger partial charge in [0.2, 0.25) is 0 Å². The zero-order valence-corrected chi connectivity index (χ0v) is 17.7. The SMILES string of the molecule is Cc1ccc(NCC(=O)NNC(=O)c2ccc(C)c(NC(=O)c3ccccc3F)c2)cc1. The molecule has 0 saturated carbocycles. The summed E-state index contributed by atoms with van der Waals surface area (Å²) >= 11 is 0. The average molecular weight is 434 g/mol. The molecule has 3 amide bonds. The molecular formula is C24H23FN4O3. The Bertz CT molecular complexity index is 1150. The molecule has 0 unspecified atom stereocenters. The zero-order chi connectivity index (χ0) is 23.1. The van der Waals surface area contributed by atoms with Gasteiger partial charge in [0.25, 0.3) is 17.7 Å². The molecule has 0 radical (unpaired) electrons. The van der Waals surface area contributed by atoms with Gasteiger partial charge in [-0.25, -0.2) is 4.39 Å². The van der Waals surface area contributed by atoms with Crippen LogP contribution in [0.15, 0.2) is 66.7 Å². The molecule has 3 aromatic rings. The third-order valence-electron chi connectivity index (χ3n) is 4.69. The summed E-state index contributed by atoms with van der Waals surface area (Å²) in [6.45, 7) is 3.69. The van der Waals surface area contributed by atoms with Gasteiger partial charge in [-0.1, -0.05) is 35.9 Å². The lowest BCUT2D eigenvalue weighted by Gasteiger charge is -2.12. The van der Waals surface area contributed by atoms with E-state index in [1.807, 2.05) is 31.2 Å². The minimum absolute atomic E-state index is 0.0266. The second kappa shape index (κ2) is 10.2. The first-order valence-corrected chi connectivity index (χ1v) is 9.90. The summed E-state index contributed by atoms with van der Waals surface area (Å²) in [5.41, 5.74) is 7.72. The molecule has 3 rings (SSSR count). The van der Waals surface area contributed by atoms with E-state index in [-0.39, 0.29) is 17.7 Å². The quantitative estimate of drug-likeness (QED) is 0.446. The van der Waals surface area contributed by atoms with Crippen LogP contribution < -0.4 is 21.5 Å². The number of amides is 3. The van der Waals surface area contributed by atoms with Crippen molar-refractivity contribution in [1.29, 1.82) is 0 Å². The number of anilines is 2. The van der Waals surface area contributed by atoms with Gasteiger partial charge in [0.15, 0.2) is 0 Å². The van der Waals surface area contributed by atoms with Gasteiger partial charge in [0.05, 0.1) is 12.1 Å². The summed E-state index contributed by atoms with van der Waals surface area (Å²) in [6.07, 6.45) is 0. The fraction of sp³-hybridized carbons (Fsp3) is 0.125. The summed E-state index contributed by atoms with van der Waals surface area (Å²) in [5.74, 6) is -2.26. The maximum absolute atomic E-state index is 13.8. The van der Waals surface area contributed by atoms with Crippen LogP contribution in [0.2, 0.25) is 0 Å². The number of nitrogens with one attached hydrogen (secondary N) is 4. The number of hydrazine groups is 1. The van der Waals surface area contributed by atoms with Crippen LogP contribution in [0.3, 0.4) is 0 Å². The molecule has 7 nitrogen and oxygen atoms in total. The van der Waals surface area contributed by atoms with Crippen LogP contribution in [0, 0.1) is 19.7 Å². The second-order valence-electron chi connectivity index (χ2n) is 7.19. The van der Waals surface area contributed by atoms with Crippen molar-refractivity contribution in [2.45, 2.75) is 13.8 Å². The minimum atomic E-state index is -0.640. The number of carbonyl (C=O) groups excluding carboxylic acids is 3. The van der Waals surface area contributed by atoms with Gasteiger partial charge >= 0.3 is 0 Å². The third kappa shape index (κ3) is 5.91. The lowest BCUT2D eigenvalue weighted by atomic mass is 10.1. The van der Waals surface area contributed by atoms with E-state index in [2.05, 4.69) is 21.5 Å². The van der Waals surface area contributed by atoms with Gasteiger partial charge in [-0.3, -0.25) is 25.2 Å². The molecule has 0 saturated heterocycles. The molecular weight excluding hydrogens is 411 g/mol. The smallest absolute Gasteiger partial charge is 0.269 e. The van der Waals surface area contributed by atoms with Crippen molar-refractivity contribution in [2.24, 2.45) is 0 Å². The lowest BCUT2D eigenvalue weighted by molar-refractivity contribution is -0.120. The van der Waals surface area contributed by atoms with Gasteiger partial charge in [-0.2, -0.15) is 0 Å². The molecule has 8 heteroatoms. The fourth-order valence-corrected chi connectivity index (χ4v) is 2.83. The van der Waals surface area contributed by atoms with E-state index >= 15 is 0 Å².